The lowest BCUT2D eigenvalue weighted by Gasteiger charge is -2.27. The van der Waals surface area contributed by atoms with Crippen molar-refractivity contribution in [1.82, 2.24) is 5.32 Å². The van der Waals surface area contributed by atoms with Crippen molar-refractivity contribution in [1.29, 1.82) is 0 Å². The first-order valence-corrected chi connectivity index (χ1v) is 12.1. The summed E-state index contributed by atoms with van der Waals surface area (Å²) in [5.74, 6) is -1.36. The molecule has 0 saturated carbocycles. The van der Waals surface area contributed by atoms with Crippen molar-refractivity contribution in [3.63, 3.8) is 0 Å². The molecule has 1 aliphatic rings. The molecule has 6 nitrogen and oxygen atoms in total. The van der Waals surface area contributed by atoms with E-state index in [-0.39, 0.29) is 28.0 Å². The van der Waals surface area contributed by atoms with Crippen LogP contribution in [0.2, 0.25) is 20.1 Å². The third kappa shape index (κ3) is 5.52. The number of aryl methyl sites for hydroxylation is 2. The molecule has 0 spiro atoms. The molecule has 4 rings (SSSR count). The molecule has 184 valence electrons. The number of anilines is 1. The number of barbiturate groups is 1. The van der Waals surface area contributed by atoms with E-state index in [0.717, 1.165) is 21.6 Å². The van der Waals surface area contributed by atoms with Gasteiger partial charge in [-0.1, -0.05) is 58.5 Å². The van der Waals surface area contributed by atoms with Crippen LogP contribution in [0.3, 0.4) is 0 Å². The van der Waals surface area contributed by atoms with Crippen LogP contribution in [0, 0.1) is 13.8 Å². The smallest absolute Gasteiger partial charge is 0.335 e. The van der Waals surface area contributed by atoms with Gasteiger partial charge in [-0.3, -0.25) is 14.9 Å². The van der Waals surface area contributed by atoms with Gasteiger partial charge in [-0.25, -0.2) is 9.69 Å². The fourth-order valence-electron chi connectivity index (χ4n) is 3.72. The number of hydrogen-bond donors (Lipinski definition) is 1. The van der Waals surface area contributed by atoms with Crippen LogP contribution in [-0.2, 0) is 16.2 Å². The first-order valence-electron chi connectivity index (χ1n) is 10.6. The Kier molecular flexibility index (Phi) is 7.62. The number of ether oxygens (including phenoxy) is 1. The Labute approximate surface area is 227 Å². The highest BCUT2D eigenvalue weighted by Gasteiger charge is 2.37. The zero-order valence-corrected chi connectivity index (χ0v) is 22.0. The number of imide groups is 2. The minimum atomic E-state index is -0.825. The molecule has 3 aromatic carbocycles. The highest BCUT2D eigenvalue weighted by atomic mass is 35.5. The fraction of sp³-hybridized carbons (Fsp3) is 0.115. The van der Waals surface area contributed by atoms with Gasteiger partial charge < -0.3 is 4.74 Å². The van der Waals surface area contributed by atoms with E-state index in [2.05, 4.69) is 5.32 Å². The van der Waals surface area contributed by atoms with Gasteiger partial charge in [0, 0.05) is 0 Å². The van der Waals surface area contributed by atoms with Crippen molar-refractivity contribution in [3.05, 3.63) is 96.4 Å². The van der Waals surface area contributed by atoms with Crippen molar-refractivity contribution in [2.45, 2.75) is 20.5 Å². The Morgan fingerprint density at radius 2 is 1.47 bits per heavy atom. The second-order valence-corrected chi connectivity index (χ2v) is 9.78. The summed E-state index contributed by atoms with van der Waals surface area (Å²) in [5, 5.41) is 3.35. The Morgan fingerprint density at radius 1 is 0.833 bits per heavy atom. The first kappa shape index (κ1) is 26.0. The van der Waals surface area contributed by atoms with Crippen LogP contribution < -0.4 is 15.0 Å². The van der Waals surface area contributed by atoms with Gasteiger partial charge in [0.15, 0.2) is 5.75 Å². The van der Waals surface area contributed by atoms with E-state index in [9.17, 15) is 14.4 Å². The van der Waals surface area contributed by atoms with Crippen LogP contribution in [0.15, 0.2) is 54.1 Å². The van der Waals surface area contributed by atoms with Gasteiger partial charge in [0.25, 0.3) is 11.8 Å². The minimum Gasteiger partial charge on any atom is -0.486 e. The lowest BCUT2D eigenvalue weighted by molar-refractivity contribution is -0.122. The van der Waals surface area contributed by atoms with E-state index >= 15 is 0 Å². The highest BCUT2D eigenvalue weighted by molar-refractivity contribution is 6.42. The topological polar surface area (TPSA) is 75.7 Å². The number of benzene rings is 3. The van der Waals surface area contributed by atoms with Crippen LogP contribution in [0.25, 0.3) is 6.08 Å². The predicted octanol–water partition coefficient (Wildman–Crippen LogP) is 7.16. The number of hydrogen-bond acceptors (Lipinski definition) is 4. The third-order valence-electron chi connectivity index (χ3n) is 5.27. The number of amides is 4. The van der Waals surface area contributed by atoms with Gasteiger partial charge in [-0.2, -0.15) is 0 Å². The number of nitrogens with zero attached hydrogens (tertiary/aromatic N) is 1. The number of carbonyl (C=O) groups excluding carboxylic acids is 3. The van der Waals surface area contributed by atoms with E-state index in [1.54, 1.807) is 30.3 Å². The predicted molar refractivity (Wildman–Crippen MR) is 142 cm³/mol. The Bertz CT molecular complexity index is 1410. The third-order valence-corrected chi connectivity index (χ3v) is 6.57. The molecule has 3 aromatic rings. The normalized spacial score (nSPS) is 14.9. The van der Waals surface area contributed by atoms with E-state index in [4.69, 9.17) is 51.1 Å². The van der Waals surface area contributed by atoms with Crippen molar-refractivity contribution >= 4 is 76.0 Å². The molecule has 1 fully saturated rings. The van der Waals surface area contributed by atoms with Crippen LogP contribution in [0.4, 0.5) is 10.5 Å². The number of carbonyl (C=O) groups is 3. The minimum absolute atomic E-state index is 0.130. The molecule has 1 aliphatic heterocycles. The molecule has 0 aromatic heterocycles. The summed E-state index contributed by atoms with van der Waals surface area (Å²) in [6.45, 7) is 3.82. The van der Waals surface area contributed by atoms with Crippen LogP contribution in [0.5, 0.6) is 5.75 Å². The Morgan fingerprint density at radius 3 is 2.08 bits per heavy atom. The monoisotopic (exact) mass is 562 g/mol. The average molecular weight is 564 g/mol. The number of halogens is 4. The summed E-state index contributed by atoms with van der Waals surface area (Å²) < 4.78 is 5.76. The van der Waals surface area contributed by atoms with Gasteiger partial charge in [0.2, 0.25) is 0 Å². The molecule has 1 heterocycles. The molecule has 0 atom stereocenters. The highest BCUT2D eigenvalue weighted by Crippen LogP contribution is 2.36. The van der Waals surface area contributed by atoms with Gasteiger partial charge in [0.1, 0.15) is 12.2 Å². The summed E-state index contributed by atoms with van der Waals surface area (Å²) in [4.78, 5) is 39.1. The quantitative estimate of drug-likeness (QED) is 0.264. The van der Waals surface area contributed by atoms with Gasteiger partial charge in [-0.05, 0) is 78.6 Å². The van der Waals surface area contributed by atoms with Crippen LogP contribution in [0.1, 0.15) is 22.3 Å². The maximum atomic E-state index is 13.2. The SMILES string of the molecule is Cc1cc(C)cc(N2C(=O)NC(=O)/C(=C\c3cc(Cl)c(OCc4ccc(Cl)c(Cl)c4)c(Cl)c3)C2=O)c1. The maximum Gasteiger partial charge on any atom is 0.335 e. The molecule has 0 radical (unpaired) electrons. The molecular formula is C26H18Cl4N2O4. The van der Waals surface area contributed by atoms with Gasteiger partial charge in [0.05, 0.1) is 25.8 Å². The molecule has 0 unspecified atom stereocenters. The first-order chi connectivity index (χ1) is 17.0. The maximum absolute atomic E-state index is 13.2. The zero-order valence-electron chi connectivity index (χ0n) is 19.0. The van der Waals surface area contributed by atoms with E-state index in [1.807, 2.05) is 19.9 Å². The summed E-state index contributed by atoms with van der Waals surface area (Å²) in [6.07, 6.45) is 1.32. The van der Waals surface area contributed by atoms with Crippen LogP contribution in [-0.4, -0.2) is 17.8 Å². The summed E-state index contributed by atoms with van der Waals surface area (Å²) in [6, 6.07) is 12.5. The standard InChI is InChI=1S/C26H18Cl4N2O4/c1-13-5-14(2)7-17(6-13)32-25(34)18(24(33)31-26(32)35)8-16-10-21(29)23(22(30)11-16)36-12-15-3-4-19(27)20(28)9-15/h3-11H,12H2,1-2H3,(H,31,33,35)/b18-8+. The van der Waals surface area contributed by atoms with Crippen molar-refractivity contribution < 1.29 is 19.1 Å². The molecule has 36 heavy (non-hydrogen) atoms. The molecule has 1 N–H and O–H groups in total. The second-order valence-electron chi connectivity index (χ2n) is 8.15. The van der Waals surface area contributed by atoms with E-state index in [1.165, 1.54) is 18.2 Å². The molecule has 0 bridgehead atoms. The number of rotatable bonds is 5. The molecule has 10 heteroatoms. The number of nitrogens with one attached hydrogen (secondary N) is 1. The van der Waals surface area contributed by atoms with Gasteiger partial charge in [-0.15, -0.1) is 0 Å². The Hall–Kier alpha value is -3.03. The summed E-state index contributed by atoms with van der Waals surface area (Å²) >= 11 is 24.8. The van der Waals surface area contributed by atoms with Crippen molar-refractivity contribution in [3.8, 4) is 5.75 Å². The van der Waals surface area contributed by atoms with Crippen molar-refractivity contribution in [2.24, 2.45) is 0 Å². The average Bonchev–Trinajstić information content (AvgIpc) is 2.77. The molecule has 0 aliphatic carbocycles. The lowest BCUT2D eigenvalue weighted by Crippen LogP contribution is -2.54. The fourth-order valence-corrected chi connectivity index (χ4v) is 4.66. The zero-order chi connectivity index (χ0) is 26.1. The van der Waals surface area contributed by atoms with Gasteiger partial charge >= 0.3 is 6.03 Å². The largest absolute Gasteiger partial charge is 0.486 e. The van der Waals surface area contributed by atoms with Crippen molar-refractivity contribution in [2.75, 3.05) is 4.90 Å². The Balaban J connectivity index is 1.61. The van der Waals surface area contributed by atoms with Crippen LogP contribution >= 0.6 is 46.4 Å². The summed E-state index contributed by atoms with van der Waals surface area (Å²) in [7, 11) is 0. The second kappa shape index (κ2) is 10.5. The summed E-state index contributed by atoms with van der Waals surface area (Å²) in [5.41, 5.74) is 2.97. The molecule has 1 saturated heterocycles. The molecular weight excluding hydrogens is 546 g/mol. The molecule has 4 amide bonds. The number of urea groups is 1. The van der Waals surface area contributed by atoms with E-state index in [0.29, 0.717) is 21.3 Å². The lowest BCUT2D eigenvalue weighted by atomic mass is 10.1. The van der Waals surface area contributed by atoms with E-state index < -0.39 is 17.8 Å².